The van der Waals surface area contributed by atoms with Gasteiger partial charge in [0, 0.05) is 38.5 Å². The third kappa shape index (κ3) is 6.73. The molecular formula is C15H29N3O. The summed E-state index contributed by atoms with van der Waals surface area (Å²) in [5.41, 5.74) is 1.25. The predicted molar refractivity (Wildman–Crippen MR) is 79.1 cm³/mol. The van der Waals surface area contributed by atoms with Crippen LogP contribution in [0.3, 0.4) is 0 Å². The minimum atomic E-state index is 0.753. The maximum Gasteiger partial charge on any atom is 0.0587 e. The molecule has 1 rings (SSSR count). The number of nitrogens with one attached hydrogen (secondary N) is 1. The van der Waals surface area contributed by atoms with Crippen LogP contribution in [0.25, 0.3) is 0 Å². The van der Waals surface area contributed by atoms with E-state index in [-0.39, 0.29) is 0 Å². The van der Waals surface area contributed by atoms with Crippen LogP contribution in [0.1, 0.15) is 45.1 Å². The third-order valence-electron chi connectivity index (χ3n) is 3.49. The molecule has 19 heavy (non-hydrogen) atoms. The van der Waals surface area contributed by atoms with E-state index in [1.165, 1.54) is 31.2 Å². The number of hydrogen-bond acceptors (Lipinski definition) is 3. The summed E-state index contributed by atoms with van der Waals surface area (Å²) in [5.74, 6) is 0.758. The summed E-state index contributed by atoms with van der Waals surface area (Å²) in [4.78, 5) is 0. The highest BCUT2D eigenvalue weighted by molar-refractivity contribution is 5.03. The normalized spacial score (nSPS) is 12.8. The lowest BCUT2D eigenvalue weighted by molar-refractivity contribution is 0.199. The number of methoxy groups -OCH3 is 1. The van der Waals surface area contributed by atoms with Crippen LogP contribution in [0.15, 0.2) is 12.4 Å². The lowest BCUT2D eigenvalue weighted by atomic mass is 9.99. The van der Waals surface area contributed by atoms with Gasteiger partial charge in [0.1, 0.15) is 0 Å². The van der Waals surface area contributed by atoms with Crippen LogP contribution in [-0.2, 0) is 17.8 Å². The van der Waals surface area contributed by atoms with E-state index in [1.54, 1.807) is 7.11 Å². The first-order valence-electron chi connectivity index (χ1n) is 7.51. The molecule has 0 fully saturated rings. The minimum Gasteiger partial charge on any atom is -0.383 e. The summed E-state index contributed by atoms with van der Waals surface area (Å²) in [7, 11) is 1.72. The standard InChI is InChI=1S/C15H29N3O/c1-4-6-7-14(5-2)12-18-13-15(11-17-18)10-16-8-9-19-3/h11,13-14,16H,4-10,12H2,1-3H3. The Labute approximate surface area is 117 Å². The molecule has 0 amide bonds. The SMILES string of the molecule is CCCCC(CC)Cn1cc(CNCCOC)cn1. The fourth-order valence-electron chi connectivity index (χ4n) is 2.19. The maximum atomic E-state index is 5.01. The van der Waals surface area contributed by atoms with Crippen molar-refractivity contribution in [1.29, 1.82) is 0 Å². The van der Waals surface area contributed by atoms with Gasteiger partial charge in [0.25, 0.3) is 0 Å². The first kappa shape index (κ1) is 16.2. The van der Waals surface area contributed by atoms with Crippen molar-refractivity contribution in [2.24, 2.45) is 5.92 Å². The van der Waals surface area contributed by atoms with E-state index in [1.807, 2.05) is 6.20 Å². The van der Waals surface area contributed by atoms with Crippen LogP contribution in [0.2, 0.25) is 0 Å². The Morgan fingerprint density at radius 1 is 1.42 bits per heavy atom. The molecule has 0 saturated carbocycles. The van der Waals surface area contributed by atoms with Gasteiger partial charge in [-0.05, 0) is 12.3 Å². The molecule has 0 saturated heterocycles. The van der Waals surface area contributed by atoms with Crippen LogP contribution in [-0.4, -0.2) is 30.0 Å². The molecule has 0 spiro atoms. The molecule has 1 atom stereocenters. The van der Waals surface area contributed by atoms with Gasteiger partial charge in [-0.15, -0.1) is 0 Å². The number of unbranched alkanes of at least 4 members (excludes halogenated alkanes) is 1. The summed E-state index contributed by atoms with van der Waals surface area (Å²) in [6.07, 6.45) is 9.28. The first-order valence-corrected chi connectivity index (χ1v) is 7.51. The topological polar surface area (TPSA) is 39.1 Å². The molecule has 1 aromatic rings. The second-order valence-electron chi connectivity index (χ2n) is 5.16. The molecule has 1 N–H and O–H groups in total. The monoisotopic (exact) mass is 267 g/mol. The van der Waals surface area contributed by atoms with E-state index in [0.717, 1.165) is 32.2 Å². The average molecular weight is 267 g/mol. The van der Waals surface area contributed by atoms with Gasteiger partial charge in [-0.1, -0.05) is 33.1 Å². The van der Waals surface area contributed by atoms with Crippen LogP contribution in [0.4, 0.5) is 0 Å². The molecule has 1 unspecified atom stereocenters. The third-order valence-corrected chi connectivity index (χ3v) is 3.49. The second kappa shape index (κ2) is 9.98. The Morgan fingerprint density at radius 2 is 2.26 bits per heavy atom. The van der Waals surface area contributed by atoms with Crippen molar-refractivity contribution in [3.63, 3.8) is 0 Å². The Hall–Kier alpha value is -0.870. The predicted octanol–water partition coefficient (Wildman–Crippen LogP) is 2.84. The van der Waals surface area contributed by atoms with Crippen molar-refractivity contribution in [2.75, 3.05) is 20.3 Å². The Balaban J connectivity index is 2.32. The van der Waals surface area contributed by atoms with Gasteiger partial charge in [-0.2, -0.15) is 5.10 Å². The Morgan fingerprint density at radius 3 is 2.95 bits per heavy atom. The second-order valence-corrected chi connectivity index (χ2v) is 5.16. The van der Waals surface area contributed by atoms with Gasteiger partial charge in [-0.25, -0.2) is 0 Å². The number of hydrogen-bond donors (Lipinski definition) is 1. The van der Waals surface area contributed by atoms with E-state index in [2.05, 4.69) is 35.1 Å². The fourth-order valence-corrected chi connectivity index (χ4v) is 2.19. The summed E-state index contributed by atoms with van der Waals surface area (Å²) >= 11 is 0. The number of rotatable bonds is 11. The largest absolute Gasteiger partial charge is 0.383 e. The van der Waals surface area contributed by atoms with Crippen LogP contribution in [0, 0.1) is 5.92 Å². The summed E-state index contributed by atoms with van der Waals surface area (Å²) < 4.78 is 7.10. The highest BCUT2D eigenvalue weighted by Gasteiger charge is 2.07. The van der Waals surface area contributed by atoms with E-state index < -0.39 is 0 Å². The van der Waals surface area contributed by atoms with Crippen molar-refractivity contribution in [1.82, 2.24) is 15.1 Å². The quantitative estimate of drug-likeness (QED) is 0.627. The summed E-state index contributed by atoms with van der Waals surface area (Å²) in [6, 6.07) is 0. The first-order chi connectivity index (χ1) is 9.30. The van der Waals surface area contributed by atoms with Crippen molar-refractivity contribution in [3.8, 4) is 0 Å². The zero-order valence-corrected chi connectivity index (χ0v) is 12.7. The molecule has 0 aliphatic rings. The lowest BCUT2D eigenvalue weighted by Gasteiger charge is -2.14. The molecule has 0 aliphatic carbocycles. The van der Waals surface area contributed by atoms with Crippen molar-refractivity contribution >= 4 is 0 Å². The molecule has 0 radical (unpaired) electrons. The Kier molecular flexibility index (Phi) is 8.50. The van der Waals surface area contributed by atoms with Gasteiger partial charge < -0.3 is 10.1 Å². The molecule has 0 aromatic carbocycles. The average Bonchev–Trinajstić information content (AvgIpc) is 2.87. The summed E-state index contributed by atoms with van der Waals surface area (Å²) in [5, 5.41) is 7.80. The number of ether oxygens (including phenoxy) is 1. The maximum absolute atomic E-state index is 5.01. The molecule has 1 heterocycles. The van der Waals surface area contributed by atoms with Crippen molar-refractivity contribution in [2.45, 2.75) is 52.6 Å². The molecule has 0 aliphatic heterocycles. The molecule has 0 bridgehead atoms. The highest BCUT2D eigenvalue weighted by atomic mass is 16.5. The minimum absolute atomic E-state index is 0.753. The van der Waals surface area contributed by atoms with Crippen LogP contribution in [0.5, 0.6) is 0 Å². The zero-order chi connectivity index (χ0) is 13.9. The van der Waals surface area contributed by atoms with Gasteiger partial charge in [0.15, 0.2) is 0 Å². The van der Waals surface area contributed by atoms with Crippen molar-refractivity contribution < 1.29 is 4.74 Å². The highest BCUT2D eigenvalue weighted by Crippen LogP contribution is 2.15. The molecular weight excluding hydrogens is 238 g/mol. The van der Waals surface area contributed by atoms with E-state index in [0.29, 0.717) is 0 Å². The molecule has 4 heteroatoms. The fraction of sp³-hybridized carbons (Fsp3) is 0.800. The van der Waals surface area contributed by atoms with Crippen LogP contribution < -0.4 is 5.32 Å². The molecule has 110 valence electrons. The number of aromatic nitrogens is 2. The summed E-state index contributed by atoms with van der Waals surface area (Å²) in [6.45, 7) is 8.09. The van der Waals surface area contributed by atoms with E-state index in [4.69, 9.17) is 4.74 Å². The van der Waals surface area contributed by atoms with Gasteiger partial charge in [0.05, 0.1) is 12.8 Å². The van der Waals surface area contributed by atoms with Gasteiger partial charge in [0.2, 0.25) is 0 Å². The van der Waals surface area contributed by atoms with Crippen molar-refractivity contribution in [3.05, 3.63) is 18.0 Å². The van der Waals surface area contributed by atoms with Gasteiger partial charge in [-0.3, -0.25) is 4.68 Å². The lowest BCUT2D eigenvalue weighted by Crippen LogP contribution is -2.18. The van der Waals surface area contributed by atoms with Crippen LogP contribution >= 0.6 is 0 Å². The molecule has 1 aromatic heterocycles. The van der Waals surface area contributed by atoms with E-state index in [9.17, 15) is 0 Å². The van der Waals surface area contributed by atoms with E-state index >= 15 is 0 Å². The smallest absolute Gasteiger partial charge is 0.0587 e. The Bertz CT molecular complexity index is 325. The number of nitrogens with zero attached hydrogens (tertiary/aromatic N) is 2. The molecule has 4 nitrogen and oxygen atoms in total. The van der Waals surface area contributed by atoms with Gasteiger partial charge >= 0.3 is 0 Å². The zero-order valence-electron chi connectivity index (χ0n) is 12.7.